The van der Waals surface area contributed by atoms with E-state index in [2.05, 4.69) is 23.2 Å². The predicted octanol–water partition coefficient (Wildman–Crippen LogP) is 0.759. The zero-order valence-corrected chi connectivity index (χ0v) is 8.51. The highest BCUT2D eigenvalue weighted by atomic mass is 14.8. The molecule has 0 aliphatic rings. The lowest BCUT2D eigenvalue weighted by molar-refractivity contribution is 0.937. The molecule has 1 aromatic rings. The number of rotatable bonds is 3. The van der Waals surface area contributed by atoms with Gasteiger partial charge in [-0.1, -0.05) is 30.0 Å². The quantitative estimate of drug-likeness (QED) is 0.687. The number of hydrogen-bond acceptors (Lipinski definition) is 2. The Morgan fingerprint density at radius 3 is 2.86 bits per heavy atom. The van der Waals surface area contributed by atoms with Crippen LogP contribution in [0.3, 0.4) is 0 Å². The molecule has 0 amide bonds. The molecule has 2 heteroatoms. The Hall–Kier alpha value is -1.30. The molecule has 0 heterocycles. The van der Waals surface area contributed by atoms with Crippen molar-refractivity contribution in [2.75, 3.05) is 20.1 Å². The third-order valence-corrected chi connectivity index (χ3v) is 1.92. The highest BCUT2D eigenvalue weighted by Gasteiger charge is 1.96. The van der Waals surface area contributed by atoms with E-state index < -0.39 is 0 Å². The van der Waals surface area contributed by atoms with Gasteiger partial charge in [0, 0.05) is 5.56 Å². The minimum Gasteiger partial charge on any atom is -0.330 e. The molecular weight excluding hydrogens is 172 g/mol. The van der Waals surface area contributed by atoms with Crippen molar-refractivity contribution in [3.05, 3.63) is 35.4 Å². The van der Waals surface area contributed by atoms with E-state index in [-0.39, 0.29) is 0 Å². The van der Waals surface area contributed by atoms with Gasteiger partial charge in [-0.2, -0.15) is 0 Å². The molecule has 0 unspecified atom stereocenters. The Labute approximate surface area is 85.5 Å². The Morgan fingerprint density at radius 1 is 1.36 bits per heavy atom. The van der Waals surface area contributed by atoms with E-state index in [0.717, 1.165) is 18.5 Å². The third-order valence-electron chi connectivity index (χ3n) is 1.92. The van der Waals surface area contributed by atoms with E-state index in [1.54, 1.807) is 0 Å². The maximum atomic E-state index is 5.52. The first-order valence-corrected chi connectivity index (χ1v) is 4.80. The summed E-state index contributed by atoms with van der Waals surface area (Å²) in [5, 5.41) is 2.99. The van der Waals surface area contributed by atoms with Gasteiger partial charge in [0.05, 0.1) is 6.54 Å². The van der Waals surface area contributed by atoms with E-state index >= 15 is 0 Å². The van der Waals surface area contributed by atoms with Gasteiger partial charge in [-0.05, 0) is 31.6 Å². The van der Waals surface area contributed by atoms with E-state index in [9.17, 15) is 0 Å². The predicted molar refractivity (Wildman–Crippen MR) is 60.0 cm³/mol. The van der Waals surface area contributed by atoms with Crippen LogP contribution in [0.4, 0.5) is 0 Å². The van der Waals surface area contributed by atoms with Gasteiger partial charge in [-0.25, -0.2) is 0 Å². The monoisotopic (exact) mass is 188 g/mol. The lowest BCUT2D eigenvalue weighted by Crippen LogP contribution is -2.05. The van der Waals surface area contributed by atoms with Crippen LogP contribution in [0.1, 0.15) is 11.1 Å². The molecule has 1 rings (SSSR count). The summed E-state index contributed by atoms with van der Waals surface area (Å²) in [6.45, 7) is 1.39. The number of nitrogens with two attached hydrogens (primary N) is 1. The normalized spacial score (nSPS) is 9.29. The van der Waals surface area contributed by atoms with E-state index in [0.29, 0.717) is 6.54 Å². The second-order valence-corrected chi connectivity index (χ2v) is 3.03. The first-order valence-electron chi connectivity index (χ1n) is 4.80. The van der Waals surface area contributed by atoms with Gasteiger partial charge in [0.1, 0.15) is 0 Å². The minimum atomic E-state index is 0.671. The molecule has 14 heavy (non-hydrogen) atoms. The lowest BCUT2D eigenvalue weighted by Gasteiger charge is -2.01. The lowest BCUT2D eigenvalue weighted by atomic mass is 10.1. The van der Waals surface area contributed by atoms with Crippen molar-refractivity contribution >= 4 is 0 Å². The van der Waals surface area contributed by atoms with Crippen molar-refractivity contribution in [2.45, 2.75) is 6.42 Å². The summed E-state index contributed by atoms with van der Waals surface area (Å²) in [7, 11) is 1.89. The van der Waals surface area contributed by atoms with Crippen LogP contribution in [-0.4, -0.2) is 20.1 Å². The number of benzene rings is 1. The van der Waals surface area contributed by atoms with Gasteiger partial charge in [0.2, 0.25) is 0 Å². The van der Waals surface area contributed by atoms with Gasteiger partial charge >= 0.3 is 0 Å². The fourth-order valence-electron chi connectivity index (χ4n) is 1.24. The molecule has 0 radical (unpaired) electrons. The molecule has 1 aromatic carbocycles. The van der Waals surface area contributed by atoms with Crippen molar-refractivity contribution in [3.8, 4) is 11.8 Å². The smallest absolute Gasteiger partial charge is 0.0577 e. The van der Waals surface area contributed by atoms with Gasteiger partial charge in [0.15, 0.2) is 0 Å². The summed E-state index contributed by atoms with van der Waals surface area (Å²) < 4.78 is 0. The van der Waals surface area contributed by atoms with Crippen molar-refractivity contribution in [2.24, 2.45) is 5.73 Å². The molecule has 0 spiro atoms. The Kier molecular flexibility index (Phi) is 4.77. The standard InChI is InChI=1S/C12H16N2/c1-14-10-4-7-11-5-2-3-6-12(11)8-9-13/h2-3,5-6,14H,8-10,13H2,1H3. The van der Waals surface area contributed by atoms with Crippen LogP contribution in [0, 0.1) is 11.8 Å². The highest BCUT2D eigenvalue weighted by Crippen LogP contribution is 2.06. The maximum Gasteiger partial charge on any atom is 0.0577 e. The van der Waals surface area contributed by atoms with Crippen LogP contribution in [0.25, 0.3) is 0 Å². The van der Waals surface area contributed by atoms with Crippen LogP contribution >= 0.6 is 0 Å². The summed E-state index contributed by atoms with van der Waals surface area (Å²) in [4.78, 5) is 0. The van der Waals surface area contributed by atoms with Crippen LogP contribution < -0.4 is 11.1 Å². The SMILES string of the molecule is CNCC#Cc1ccccc1CCN. The van der Waals surface area contributed by atoms with Gasteiger partial charge in [0.25, 0.3) is 0 Å². The van der Waals surface area contributed by atoms with Crippen LogP contribution in [0.5, 0.6) is 0 Å². The van der Waals surface area contributed by atoms with Gasteiger partial charge in [-0.15, -0.1) is 0 Å². The molecule has 74 valence electrons. The van der Waals surface area contributed by atoms with Crippen molar-refractivity contribution in [3.63, 3.8) is 0 Å². The summed E-state index contributed by atoms with van der Waals surface area (Å²) in [6, 6.07) is 8.14. The second-order valence-electron chi connectivity index (χ2n) is 3.03. The summed E-state index contributed by atoms with van der Waals surface area (Å²) in [5.74, 6) is 6.18. The molecule has 0 aliphatic carbocycles. The van der Waals surface area contributed by atoms with Crippen molar-refractivity contribution in [1.82, 2.24) is 5.32 Å². The Morgan fingerprint density at radius 2 is 2.14 bits per heavy atom. The van der Waals surface area contributed by atoms with Crippen LogP contribution in [0.15, 0.2) is 24.3 Å². The van der Waals surface area contributed by atoms with E-state index in [1.165, 1.54) is 5.56 Å². The average Bonchev–Trinajstić information content (AvgIpc) is 2.21. The largest absolute Gasteiger partial charge is 0.330 e. The molecule has 0 saturated carbocycles. The fraction of sp³-hybridized carbons (Fsp3) is 0.333. The molecule has 0 atom stereocenters. The zero-order chi connectivity index (χ0) is 10.2. The zero-order valence-electron chi connectivity index (χ0n) is 8.51. The van der Waals surface area contributed by atoms with Crippen molar-refractivity contribution in [1.29, 1.82) is 0 Å². The molecule has 2 nitrogen and oxygen atoms in total. The second kappa shape index (κ2) is 6.20. The molecule has 0 fully saturated rings. The number of nitrogens with one attached hydrogen (secondary N) is 1. The molecule has 3 N–H and O–H groups in total. The summed E-state index contributed by atoms with van der Waals surface area (Å²) in [5.41, 5.74) is 7.85. The van der Waals surface area contributed by atoms with Crippen LogP contribution in [-0.2, 0) is 6.42 Å². The van der Waals surface area contributed by atoms with E-state index in [1.807, 2.05) is 25.2 Å². The average molecular weight is 188 g/mol. The Balaban J connectivity index is 2.80. The first kappa shape index (κ1) is 10.8. The number of hydrogen-bond donors (Lipinski definition) is 2. The van der Waals surface area contributed by atoms with Gasteiger partial charge < -0.3 is 11.1 Å². The topological polar surface area (TPSA) is 38.0 Å². The first-order chi connectivity index (χ1) is 6.88. The molecule has 0 aromatic heterocycles. The molecule has 0 bridgehead atoms. The maximum absolute atomic E-state index is 5.52. The molecule has 0 saturated heterocycles. The van der Waals surface area contributed by atoms with E-state index in [4.69, 9.17) is 5.73 Å². The summed E-state index contributed by atoms with van der Waals surface area (Å²) in [6.07, 6.45) is 0.893. The third kappa shape index (κ3) is 3.21. The molecule has 0 aliphatic heterocycles. The van der Waals surface area contributed by atoms with Crippen molar-refractivity contribution < 1.29 is 0 Å². The highest BCUT2D eigenvalue weighted by molar-refractivity contribution is 5.41. The molecular formula is C12H16N2. The summed E-state index contributed by atoms with van der Waals surface area (Å²) >= 11 is 0. The Bertz CT molecular complexity index is 334. The minimum absolute atomic E-state index is 0.671. The van der Waals surface area contributed by atoms with Gasteiger partial charge in [-0.3, -0.25) is 0 Å². The van der Waals surface area contributed by atoms with Crippen LogP contribution in [0.2, 0.25) is 0 Å². The fourth-order valence-corrected chi connectivity index (χ4v) is 1.24.